The molecule has 0 atom stereocenters. The van der Waals surface area contributed by atoms with E-state index < -0.39 is 23.3 Å². The van der Waals surface area contributed by atoms with Gasteiger partial charge in [-0.1, -0.05) is 12.7 Å². The molecule has 1 aliphatic rings. The van der Waals surface area contributed by atoms with Crippen LogP contribution in [0.25, 0.3) is 0 Å². The second-order valence-electron chi connectivity index (χ2n) is 7.09. The van der Waals surface area contributed by atoms with Gasteiger partial charge < -0.3 is 15.3 Å². The number of anilines is 2. The van der Waals surface area contributed by atoms with Crippen LogP contribution < -0.4 is 10.2 Å². The van der Waals surface area contributed by atoms with E-state index in [0.29, 0.717) is 36.0 Å². The van der Waals surface area contributed by atoms with Gasteiger partial charge in [0, 0.05) is 24.0 Å². The van der Waals surface area contributed by atoms with Gasteiger partial charge in [-0.15, -0.1) is 0 Å². The number of fused-ring (bicyclic) bond motifs is 1. The number of amidine groups is 1. The first-order valence-electron chi connectivity index (χ1n) is 9.70. The number of aromatic nitrogens is 2. The zero-order valence-electron chi connectivity index (χ0n) is 17.5. The Morgan fingerprint density at radius 3 is 2.79 bits per heavy atom. The van der Waals surface area contributed by atoms with Crippen LogP contribution in [0.2, 0.25) is 0 Å². The predicted octanol–water partition coefficient (Wildman–Crippen LogP) is 3.91. The molecule has 0 spiro atoms. The number of nitrogens with zero attached hydrogens (tertiary/aromatic N) is 5. The van der Waals surface area contributed by atoms with Gasteiger partial charge in [-0.3, -0.25) is 0 Å². The molecule has 11 heteroatoms. The minimum absolute atomic E-state index is 0.0721. The molecule has 1 aromatic carbocycles. The highest BCUT2D eigenvalue weighted by molar-refractivity contribution is 5.95. The monoisotopic (exact) mass is 456 g/mol. The average Bonchev–Trinajstić information content (AvgIpc) is 2.78. The van der Waals surface area contributed by atoms with Crippen molar-refractivity contribution >= 4 is 23.3 Å². The summed E-state index contributed by atoms with van der Waals surface area (Å²) in [6.45, 7) is 5.72. The van der Waals surface area contributed by atoms with E-state index in [4.69, 9.17) is 10.4 Å². The number of benzene rings is 1. The van der Waals surface area contributed by atoms with Crippen molar-refractivity contribution in [2.75, 3.05) is 16.8 Å². The van der Waals surface area contributed by atoms with Gasteiger partial charge in [-0.25, -0.2) is 19.8 Å². The van der Waals surface area contributed by atoms with Crippen LogP contribution in [0.1, 0.15) is 29.3 Å². The molecule has 0 bridgehead atoms. The third kappa shape index (κ3) is 5.35. The molecule has 2 N–H and O–H groups in total. The molecule has 0 aliphatic carbocycles. The van der Waals surface area contributed by atoms with Crippen molar-refractivity contribution in [2.45, 2.75) is 26.1 Å². The first-order chi connectivity index (χ1) is 15.6. The highest BCUT2D eigenvalue weighted by Gasteiger charge is 2.34. The summed E-state index contributed by atoms with van der Waals surface area (Å²) >= 11 is 0. The molecule has 0 saturated carbocycles. The molecule has 1 aromatic heterocycles. The first kappa shape index (κ1) is 23.5. The molecule has 3 rings (SSSR count). The quantitative estimate of drug-likeness (QED) is 0.303. The lowest BCUT2D eigenvalue weighted by Crippen LogP contribution is -2.32. The number of aliphatic carboxylic acids is 1. The number of rotatable bonds is 5. The number of carboxylic acids is 1. The molecule has 2 aromatic rings. The molecule has 33 heavy (non-hydrogen) atoms. The number of alkyl halides is 3. The number of hydrogen-bond acceptors (Lipinski definition) is 6. The molecule has 0 saturated heterocycles. The lowest BCUT2D eigenvalue weighted by atomic mass is 10.0. The van der Waals surface area contributed by atoms with Gasteiger partial charge in [0.15, 0.2) is 0 Å². The van der Waals surface area contributed by atoms with Crippen LogP contribution in [0.5, 0.6) is 0 Å². The van der Waals surface area contributed by atoms with Crippen LogP contribution in [0.4, 0.5) is 24.7 Å². The summed E-state index contributed by atoms with van der Waals surface area (Å²) in [5.41, 5.74) is 0.296. The smallest absolute Gasteiger partial charge is 0.417 e. The third-order valence-electron chi connectivity index (χ3n) is 4.96. The molecular formula is C22H19F3N6O2. The Balaban J connectivity index is 1.84. The minimum atomic E-state index is -4.63. The molecule has 0 fully saturated rings. The lowest BCUT2D eigenvalue weighted by Gasteiger charge is -2.31. The standard InChI is InChI=1S/C22H19F3N6O2/c1-3-14(21(32)33)10-27-13(2)30-20-17-6-7-31(11-19(17)28-12-29-20)16-5-4-15(9-26)18(8-16)22(23,24)25/h3-5,8,10,12H,1,6-7,11H2,2H3,(H,32,33)(H,27,28,29,30)/b14-10+. The van der Waals surface area contributed by atoms with Crippen molar-refractivity contribution in [3.05, 3.63) is 71.3 Å². The maximum Gasteiger partial charge on any atom is 0.417 e. The lowest BCUT2D eigenvalue weighted by molar-refractivity contribution is -0.137. The largest absolute Gasteiger partial charge is 0.478 e. The average molecular weight is 456 g/mol. The molecule has 0 radical (unpaired) electrons. The van der Waals surface area contributed by atoms with Crippen molar-refractivity contribution in [2.24, 2.45) is 4.99 Å². The van der Waals surface area contributed by atoms with E-state index in [1.807, 2.05) is 0 Å². The van der Waals surface area contributed by atoms with E-state index in [9.17, 15) is 18.0 Å². The summed E-state index contributed by atoms with van der Waals surface area (Å²) in [4.78, 5) is 25.3. The Kier molecular flexibility index (Phi) is 6.77. The van der Waals surface area contributed by atoms with Crippen molar-refractivity contribution in [3.8, 4) is 6.07 Å². The van der Waals surface area contributed by atoms with Gasteiger partial charge in [-0.05, 0) is 31.5 Å². The maximum atomic E-state index is 13.3. The van der Waals surface area contributed by atoms with E-state index in [1.165, 1.54) is 24.5 Å². The Bertz CT molecular complexity index is 1200. The summed E-state index contributed by atoms with van der Waals surface area (Å²) in [7, 11) is 0. The Morgan fingerprint density at radius 1 is 1.39 bits per heavy atom. The second-order valence-corrected chi connectivity index (χ2v) is 7.09. The third-order valence-corrected chi connectivity index (χ3v) is 4.96. The van der Waals surface area contributed by atoms with E-state index in [2.05, 4.69) is 26.9 Å². The topological polar surface area (TPSA) is 115 Å². The van der Waals surface area contributed by atoms with Crippen LogP contribution in [-0.2, 0) is 23.9 Å². The van der Waals surface area contributed by atoms with E-state index >= 15 is 0 Å². The number of nitriles is 1. The Labute approximate surface area is 187 Å². The number of carbonyl (C=O) groups is 1. The predicted molar refractivity (Wildman–Crippen MR) is 116 cm³/mol. The van der Waals surface area contributed by atoms with Gasteiger partial charge >= 0.3 is 12.1 Å². The molecular weight excluding hydrogens is 437 g/mol. The van der Waals surface area contributed by atoms with Crippen LogP contribution >= 0.6 is 0 Å². The van der Waals surface area contributed by atoms with E-state index in [-0.39, 0.29) is 12.1 Å². The Morgan fingerprint density at radius 2 is 2.15 bits per heavy atom. The minimum Gasteiger partial charge on any atom is -0.478 e. The molecule has 0 unspecified atom stereocenters. The molecule has 2 heterocycles. The van der Waals surface area contributed by atoms with Crippen LogP contribution in [0.3, 0.4) is 0 Å². The molecule has 1 aliphatic heterocycles. The van der Waals surface area contributed by atoms with Crippen LogP contribution in [0.15, 0.2) is 53.9 Å². The second kappa shape index (κ2) is 9.52. The zero-order chi connectivity index (χ0) is 24.2. The fourth-order valence-corrected chi connectivity index (χ4v) is 3.31. The maximum absolute atomic E-state index is 13.3. The van der Waals surface area contributed by atoms with Crippen LogP contribution in [0, 0.1) is 11.3 Å². The zero-order valence-corrected chi connectivity index (χ0v) is 17.5. The van der Waals surface area contributed by atoms with Gasteiger partial charge in [0.2, 0.25) is 0 Å². The van der Waals surface area contributed by atoms with Crippen molar-refractivity contribution in [1.82, 2.24) is 9.97 Å². The number of halogens is 3. The van der Waals surface area contributed by atoms with Crippen molar-refractivity contribution in [1.29, 1.82) is 5.26 Å². The fraction of sp³-hybridized carbons (Fsp3) is 0.227. The highest BCUT2D eigenvalue weighted by Crippen LogP contribution is 2.35. The summed E-state index contributed by atoms with van der Waals surface area (Å²) < 4.78 is 40.0. The van der Waals surface area contributed by atoms with Crippen LogP contribution in [-0.4, -0.2) is 33.4 Å². The van der Waals surface area contributed by atoms with Crippen molar-refractivity contribution < 1.29 is 23.1 Å². The summed E-state index contributed by atoms with van der Waals surface area (Å²) in [5.74, 6) is -0.279. The van der Waals surface area contributed by atoms with E-state index in [0.717, 1.165) is 17.8 Å². The first-order valence-corrected chi connectivity index (χ1v) is 9.70. The van der Waals surface area contributed by atoms with Gasteiger partial charge in [0.05, 0.1) is 35.0 Å². The highest BCUT2D eigenvalue weighted by atomic mass is 19.4. The summed E-state index contributed by atoms with van der Waals surface area (Å²) in [6, 6.07) is 5.22. The number of carboxylic acid groups (broad SMARTS) is 1. The number of aliphatic imine (C=N–C) groups is 1. The SMILES string of the molecule is C=C/C(=C\N=C(/C)Nc1ncnc2c1CCN(c1ccc(C#N)c(C(F)(F)F)c1)C2)C(=O)O. The number of nitrogens with one attached hydrogen (secondary N) is 1. The van der Waals surface area contributed by atoms with E-state index in [1.54, 1.807) is 17.9 Å². The van der Waals surface area contributed by atoms with Gasteiger partial charge in [-0.2, -0.15) is 18.4 Å². The normalized spacial score (nSPS) is 14.3. The molecule has 8 nitrogen and oxygen atoms in total. The summed E-state index contributed by atoms with van der Waals surface area (Å²) in [6.07, 6.45) is -0.509. The molecule has 0 amide bonds. The van der Waals surface area contributed by atoms with Gasteiger partial charge in [0.25, 0.3) is 0 Å². The molecule has 170 valence electrons. The van der Waals surface area contributed by atoms with Crippen molar-refractivity contribution in [3.63, 3.8) is 0 Å². The van der Waals surface area contributed by atoms with Gasteiger partial charge in [0.1, 0.15) is 18.0 Å². The summed E-state index contributed by atoms with van der Waals surface area (Å²) in [5, 5.41) is 21.0. The fourth-order valence-electron chi connectivity index (χ4n) is 3.31. The Hall–Kier alpha value is -4.20. The number of hydrogen-bond donors (Lipinski definition) is 2.